The van der Waals surface area contributed by atoms with Crippen LogP contribution in [0.3, 0.4) is 0 Å². The predicted octanol–water partition coefficient (Wildman–Crippen LogP) is 3.58. The zero-order valence-electron chi connectivity index (χ0n) is 11.8. The van der Waals surface area contributed by atoms with Gasteiger partial charge in [-0.2, -0.15) is 0 Å². The fraction of sp³-hybridized carbons (Fsp3) is 0.471. The Hall–Kier alpha value is -1.13. The molecule has 4 heteroatoms. The molecule has 1 heterocycles. The number of allylic oxidation sites excluding steroid dienone is 1. The molecule has 21 heavy (non-hydrogen) atoms. The first-order valence-electron chi connectivity index (χ1n) is 7.42. The molecule has 3 unspecified atom stereocenters. The van der Waals surface area contributed by atoms with Crippen LogP contribution in [0.1, 0.15) is 24.8 Å². The van der Waals surface area contributed by atoms with Gasteiger partial charge in [0.15, 0.2) is 5.78 Å². The number of alkyl halides is 1. The van der Waals surface area contributed by atoms with Crippen molar-refractivity contribution in [2.24, 2.45) is 5.92 Å². The van der Waals surface area contributed by atoms with Crippen molar-refractivity contribution in [1.82, 2.24) is 0 Å². The zero-order chi connectivity index (χ0) is 14.7. The molecular formula is C17H19BrO3. The van der Waals surface area contributed by atoms with E-state index in [1.807, 2.05) is 30.3 Å². The van der Waals surface area contributed by atoms with Gasteiger partial charge in [0.1, 0.15) is 6.10 Å². The van der Waals surface area contributed by atoms with Crippen LogP contribution < -0.4 is 0 Å². The van der Waals surface area contributed by atoms with Crippen LogP contribution in [0.15, 0.2) is 36.6 Å². The van der Waals surface area contributed by atoms with Gasteiger partial charge in [0.25, 0.3) is 0 Å². The molecule has 0 bridgehead atoms. The van der Waals surface area contributed by atoms with Gasteiger partial charge in [-0.25, -0.2) is 0 Å². The number of carbonyl (C=O) groups excluding carboxylic acids is 1. The second-order valence-electron chi connectivity index (χ2n) is 5.54. The van der Waals surface area contributed by atoms with Gasteiger partial charge in [0.05, 0.1) is 30.5 Å². The Labute approximate surface area is 133 Å². The number of carbonyl (C=O) groups is 1. The molecule has 3 rings (SSSR count). The summed E-state index contributed by atoms with van der Waals surface area (Å²) in [7, 11) is 0. The van der Waals surface area contributed by atoms with Crippen LogP contribution in [0.2, 0.25) is 0 Å². The number of hydrogen-bond acceptors (Lipinski definition) is 3. The quantitative estimate of drug-likeness (QED) is 0.778. The Morgan fingerprint density at radius 2 is 2.05 bits per heavy atom. The molecule has 0 amide bonds. The number of benzene rings is 1. The first-order chi connectivity index (χ1) is 10.3. The predicted molar refractivity (Wildman–Crippen MR) is 85.2 cm³/mol. The summed E-state index contributed by atoms with van der Waals surface area (Å²) in [6, 6.07) is 9.75. The summed E-state index contributed by atoms with van der Waals surface area (Å²) in [6.45, 7) is 0.709. The van der Waals surface area contributed by atoms with E-state index in [9.17, 15) is 4.79 Å². The lowest BCUT2D eigenvalue weighted by Gasteiger charge is -2.37. The number of halogens is 1. The van der Waals surface area contributed by atoms with E-state index in [0.717, 1.165) is 30.2 Å². The molecular weight excluding hydrogens is 332 g/mol. The molecule has 3 atom stereocenters. The first-order valence-corrected chi connectivity index (χ1v) is 8.54. The molecule has 1 fully saturated rings. The van der Waals surface area contributed by atoms with Crippen LogP contribution in [0.4, 0.5) is 0 Å². The molecule has 1 aliphatic carbocycles. The van der Waals surface area contributed by atoms with E-state index in [1.165, 1.54) is 0 Å². The number of rotatable bonds is 4. The van der Waals surface area contributed by atoms with Gasteiger partial charge >= 0.3 is 0 Å². The molecule has 2 aliphatic rings. The number of Topliss-reactive ketones (excluding diaryl/α,β-unsaturated/α-hetero) is 1. The highest BCUT2D eigenvalue weighted by molar-refractivity contribution is 9.09. The van der Waals surface area contributed by atoms with E-state index in [2.05, 4.69) is 15.9 Å². The molecule has 1 aliphatic heterocycles. The summed E-state index contributed by atoms with van der Waals surface area (Å²) in [6.07, 6.45) is 4.42. The van der Waals surface area contributed by atoms with Crippen molar-refractivity contribution >= 4 is 27.3 Å². The maximum Gasteiger partial charge on any atom is 0.173 e. The van der Waals surface area contributed by atoms with Crippen molar-refractivity contribution in [3.63, 3.8) is 0 Å². The summed E-state index contributed by atoms with van der Waals surface area (Å²) >= 11 is 3.37. The molecule has 0 aromatic heterocycles. The van der Waals surface area contributed by atoms with Crippen molar-refractivity contribution < 1.29 is 14.3 Å². The average Bonchev–Trinajstić information content (AvgIpc) is 2.54. The molecule has 1 aromatic carbocycles. The fourth-order valence-electron chi connectivity index (χ4n) is 3.15. The van der Waals surface area contributed by atoms with Gasteiger partial charge in [0.2, 0.25) is 0 Å². The summed E-state index contributed by atoms with van der Waals surface area (Å²) in [5.74, 6) is 0.199. The van der Waals surface area contributed by atoms with E-state index in [4.69, 9.17) is 9.47 Å². The molecule has 0 saturated heterocycles. The standard InChI is InChI=1S/C17H19BrO3/c18-8-9-20-13-6-7-14-16(10-13)21-11-15(17(14)19)12-4-2-1-3-5-12/h1-5,11,13-14,16H,6-10H2. The van der Waals surface area contributed by atoms with Crippen molar-refractivity contribution in [1.29, 1.82) is 0 Å². The van der Waals surface area contributed by atoms with Crippen LogP contribution in [0, 0.1) is 5.92 Å². The zero-order valence-corrected chi connectivity index (χ0v) is 13.4. The summed E-state index contributed by atoms with van der Waals surface area (Å²) < 4.78 is 11.6. The van der Waals surface area contributed by atoms with Crippen LogP contribution in [0.5, 0.6) is 0 Å². The average molecular weight is 351 g/mol. The van der Waals surface area contributed by atoms with E-state index >= 15 is 0 Å². The third-order valence-corrected chi connectivity index (χ3v) is 4.55. The Morgan fingerprint density at radius 1 is 1.24 bits per heavy atom. The molecule has 1 saturated carbocycles. The Kier molecular flexibility index (Phi) is 4.76. The van der Waals surface area contributed by atoms with Crippen molar-refractivity contribution in [3.05, 3.63) is 42.2 Å². The fourth-order valence-corrected chi connectivity index (χ4v) is 3.33. The van der Waals surface area contributed by atoms with E-state index < -0.39 is 0 Å². The normalized spacial score (nSPS) is 28.5. The lowest BCUT2D eigenvalue weighted by molar-refractivity contribution is -0.127. The third-order valence-electron chi connectivity index (χ3n) is 4.22. The Bertz CT molecular complexity index is 526. The topological polar surface area (TPSA) is 35.5 Å². The van der Waals surface area contributed by atoms with Gasteiger partial charge in [-0.1, -0.05) is 46.3 Å². The third kappa shape index (κ3) is 3.22. The number of ketones is 1. The van der Waals surface area contributed by atoms with Gasteiger partial charge in [0, 0.05) is 11.8 Å². The van der Waals surface area contributed by atoms with Gasteiger partial charge < -0.3 is 9.47 Å². The number of ether oxygens (including phenoxy) is 2. The monoisotopic (exact) mass is 350 g/mol. The van der Waals surface area contributed by atoms with Crippen LogP contribution in [-0.4, -0.2) is 29.9 Å². The second-order valence-corrected chi connectivity index (χ2v) is 6.33. The van der Waals surface area contributed by atoms with Crippen molar-refractivity contribution in [3.8, 4) is 0 Å². The van der Waals surface area contributed by atoms with E-state index in [0.29, 0.717) is 12.2 Å². The Morgan fingerprint density at radius 3 is 2.81 bits per heavy atom. The van der Waals surface area contributed by atoms with Gasteiger partial charge in [-0.15, -0.1) is 0 Å². The van der Waals surface area contributed by atoms with Gasteiger partial charge in [-0.05, 0) is 18.4 Å². The molecule has 112 valence electrons. The number of hydrogen-bond donors (Lipinski definition) is 0. The Balaban J connectivity index is 1.72. The SMILES string of the molecule is O=C1C(c2ccccc2)=COC2CC(OCCBr)CCC12. The highest BCUT2D eigenvalue weighted by atomic mass is 79.9. The minimum absolute atomic E-state index is 0.0194. The molecule has 0 spiro atoms. The summed E-state index contributed by atoms with van der Waals surface area (Å²) in [5.41, 5.74) is 1.65. The van der Waals surface area contributed by atoms with Crippen LogP contribution >= 0.6 is 15.9 Å². The first kappa shape index (κ1) is 14.8. The van der Waals surface area contributed by atoms with Crippen LogP contribution in [-0.2, 0) is 14.3 Å². The largest absolute Gasteiger partial charge is 0.496 e. The number of fused-ring (bicyclic) bond motifs is 1. The maximum atomic E-state index is 12.7. The second kappa shape index (κ2) is 6.75. The highest BCUT2D eigenvalue weighted by Crippen LogP contribution is 2.37. The maximum absolute atomic E-state index is 12.7. The minimum atomic E-state index is -0.0287. The van der Waals surface area contributed by atoms with E-state index in [-0.39, 0.29) is 23.9 Å². The van der Waals surface area contributed by atoms with Gasteiger partial charge in [-0.3, -0.25) is 4.79 Å². The van der Waals surface area contributed by atoms with Crippen molar-refractivity contribution in [2.45, 2.75) is 31.5 Å². The molecule has 3 nitrogen and oxygen atoms in total. The summed E-state index contributed by atoms with van der Waals surface area (Å²) in [4.78, 5) is 12.7. The molecule has 1 aromatic rings. The molecule has 0 N–H and O–H groups in total. The molecule has 0 radical (unpaired) electrons. The lowest BCUT2D eigenvalue weighted by atomic mass is 9.78. The smallest absolute Gasteiger partial charge is 0.173 e. The van der Waals surface area contributed by atoms with E-state index in [1.54, 1.807) is 6.26 Å². The van der Waals surface area contributed by atoms with Crippen LogP contribution in [0.25, 0.3) is 5.57 Å². The summed E-state index contributed by atoms with van der Waals surface area (Å²) in [5, 5.41) is 0.843. The van der Waals surface area contributed by atoms with Crippen molar-refractivity contribution in [2.75, 3.05) is 11.9 Å². The minimum Gasteiger partial charge on any atom is -0.496 e. The highest BCUT2D eigenvalue weighted by Gasteiger charge is 2.40. The lowest BCUT2D eigenvalue weighted by Crippen LogP contribution is -2.41.